The van der Waals surface area contributed by atoms with Crippen LogP contribution in [0.15, 0.2) is 35.5 Å². The number of carbonyl (C=O) groups is 2. The van der Waals surface area contributed by atoms with Crippen LogP contribution >= 0.6 is 12.2 Å². The number of hydrogen-bond donors (Lipinski definition) is 3. The Balaban J connectivity index is 1.78. The first-order chi connectivity index (χ1) is 10.6. The molecule has 2 rings (SSSR count). The van der Waals surface area contributed by atoms with Crippen LogP contribution in [0.25, 0.3) is 0 Å². The number of likely N-dealkylation sites (tertiary alicyclic amines) is 1. The average Bonchev–Trinajstić information content (AvgIpc) is 3.13. The minimum atomic E-state index is -0.405. The van der Waals surface area contributed by atoms with E-state index in [1.54, 1.807) is 29.4 Å². The van der Waals surface area contributed by atoms with Gasteiger partial charge in [0.1, 0.15) is 5.76 Å². The van der Waals surface area contributed by atoms with Gasteiger partial charge in [-0.2, -0.15) is 0 Å². The van der Waals surface area contributed by atoms with Gasteiger partial charge in [-0.15, -0.1) is 6.58 Å². The summed E-state index contributed by atoms with van der Waals surface area (Å²) in [5.74, 6) is -0.0403. The molecular weight excluding hydrogens is 304 g/mol. The van der Waals surface area contributed by atoms with Gasteiger partial charge in [0.15, 0.2) is 5.11 Å². The van der Waals surface area contributed by atoms with Crippen LogP contribution in [0.2, 0.25) is 0 Å². The van der Waals surface area contributed by atoms with E-state index >= 15 is 0 Å². The van der Waals surface area contributed by atoms with Crippen LogP contribution < -0.4 is 16.2 Å². The molecule has 118 valence electrons. The molecule has 0 aliphatic carbocycles. The fraction of sp³-hybridized carbons (Fsp3) is 0.357. The third kappa shape index (κ3) is 4.32. The lowest BCUT2D eigenvalue weighted by atomic mass is 10.1. The molecule has 0 bridgehead atoms. The minimum absolute atomic E-state index is 0.0658. The van der Waals surface area contributed by atoms with Crippen molar-refractivity contribution in [1.82, 2.24) is 21.1 Å². The smallest absolute Gasteiger partial charge is 0.243 e. The number of furan rings is 1. The van der Waals surface area contributed by atoms with Gasteiger partial charge in [-0.05, 0) is 24.4 Å². The molecule has 1 saturated heterocycles. The van der Waals surface area contributed by atoms with Gasteiger partial charge in [0.05, 0.1) is 18.7 Å². The summed E-state index contributed by atoms with van der Waals surface area (Å²) in [5, 5.41) is 3.12. The molecule has 8 heteroatoms. The molecule has 2 heterocycles. The van der Waals surface area contributed by atoms with Gasteiger partial charge in [0, 0.05) is 19.5 Å². The van der Waals surface area contributed by atoms with Gasteiger partial charge in [-0.25, -0.2) is 0 Å². The normalized spacial score (nSPS) is 17.2. The molecule has 0 spiro atoms. The highest BCUT2D eigenvalue weighted by Gasteiger charge is 2.34. The molecule has 7 nitrogen and oxygen atoms in total. The molecule has 1 unspecified atom stereocenters. The second-order valence-corrected chi connectivity index (χ2v) is 5.28. The van der Waals surface area contributed by atoms with Crippen molar-refractivity contribution in [2.75, 3.05) is 13.1 Å². The second-order valence-electron chi connectivity index (χ2n) is 4.87. The Labute approximate surface area is 133 Å². The largest absolute Gasteiger partial charge is 0.467 e. The Hall–Kier alpha value is -2.35. The van der Waals surface area contributed by atoms with Crippen molar-refractivity contribution in [3.05, 3.63) is 36.8 Å². The van der Waals surface area contributed by atoms with Crippen LogP contribution in [0.3, 0.4) is 0 Å². The number of rotatable bonds is 5. The monoisotopic (exact) mass is 322 g/mol. The molecule has 1 aromatic rings. The maximum absolute atomic E-state index is 12.0. The summed E-state index contributed by atoms with van der Waals surface area (Å²) < 4.78 is 5.22. The zero-order valence-corrected chi connectivity index (χ0v) is 12.8. The number of thiocarbonyl (C=S) groups is 1. The van der Waals surface area contributed by atoms with E-state index in [1.807, 2.05) is 0 Å². The summed E-state index contributed by atoms with van der Waals surface area (Å²) in [6.45, 7) is 4.79. The Morgan fingerprint density at radius 3 is 3.05 bits per heavy atom. The predicted molar refractivity (Wildman–Crippen MR) is 84.3 cm³/mol. The Morgan fingerprint density at radius 1 is 1.55 bits per heavy atom. The van der Waals surface area contributed by atoms with Crippen molar-refractivity contribution < 1.29 is 14.0 Å². The van der Waals surface area contributed by atoms with E-state index in [4.69, 9.17) is 16.6 Å². The SMILES string of the molecule is C=CCNC(=S)NNC(=O)C1CC(=O)N(Cc2ccco2)C1. The number of nitrogens with zero attached hydrogens (tertiary/aromatic N) is 1. The minimum Gasteiger partial charge on any atom is -0.467 e. The number of nitrogens with one attached hydrogen (secondary N) is 3. The average molecular weight is 322 g/mol. The van der Waals surface area contributed by atoms with E-state index in [2.05, 4.69) is 22.7 Å². The summed E-state index contributed by atoms with van der Waals surface area (Å²) in [5.41, 5.74) is 5.10. The summed E-state index contributed by atoms with van der Waals surface area (Å²) in [4.78, 5) is 25.6. The van der Waals surface area contributed by atoms with Crippen LogP contribution in [0.1, 0.15) is 12.2 Å². The van der Waals surface area contributed by atoms with Crippen LogP contribution in [0.5, 0.6) is 0 Å². The summed E-state index contributed by atoms with van der Waals surface area (Å²) >= 11 is 4.96. The molecule has 0 saturated carbocycles. The summed E-state index contributed by atoms with van der Waals surface area (Å²) in [6.07, 6.45) is 3.39. The lowest BCUT2D eigenvalue weighted by Crippen LogP contribution is -2.49. The standard InChI is InChI=1S/C14H18N4O3S/c1-2-5-15-14(22)17-16-13(20)10-7-12(19)18(8-10)9-11-4-3-6-21-11/h2-4,6,10H,1,5,7-9H2,(H,16,20)(H2,15,17,22). The third-order valence-electron chi connectivity index (χ3n) is 3.22. The number of carbonyl (C=O) groups excluding carboxylic acids is 2. The van der Waals surface area contributed by atoms with E-state index in [0.717, 1.165) is 0 Å². The quantitative estimate of drug-likeness (QED) is 0.411. The first kappa shape index (κ1) is 16.0. The van der Waals surface area contributed by atoms with Gasteiger partial charge >= 0.3 is 0 Å². The molecular formula is C14H18N4O3S. The maximum Gasteiger partial charge on any atom is 0.243 e. The lowest BCUT2D eigenvalue weighted by Gasteiger charge is -2.15. The van der Waals surface area contributed by atoms with Crippen LogP contribution in [0.4, 0.5) is 0 Å². The fourth-order valence-electron chi connectivity index (χ4n) is 2.12. The van der Waals surface area contributed by atoms with Crippen molar-refractivity contribution in [1.29, 1.82) is 0 Å². The predicted octanol–water partition coefficient (Wildman–Crippen LogP) is 0.309. The highest BCUT2D eigenvalue weighted by atomic mass is 32.1. The highest BCUT2D eigenvalue weighted by molar-refractivity contribution is 7.80. The Kier molecular flexibility index (Phi) is 5.54. The molecule has 1 aliphatic rings. The zero-order chi connectivity index (χ0) is 15.9. The number of hydrogen-bond acceptors (Lipinski definition) is 4. The molecule has 2 amide bonds. The molecule has 1 atom stereocenters. The Bertz CT molecular complexity index is 558. The van der Waals surface area contributed by atoms with Gasteiger partial charge < -0.3 is 14.6 Å². The summed E-state index contributed by atoms with van der Waals surface area (Å²) in [7, 11) is 0. The van der Waals surface area contributed by atoms with Crippen molar-refractivity contribution in [2.24, 2.45) is 5.92 Å². The van der Waals surface area contributed by atoms with Crippen molar-refractivity contribution >= 4 is 29.1 Å². The number of amides is 2. The molecule has 22 heavy (non-hydrogen) atoms. The molecule has 0 aromatic carbocycles. The topological polar surface area (TPSA) is 86.6 Å². The fourth-order valence-corrected chi connectivity index (χ4v) is 2.26. The maximum atomic E-state index is 12.0. The Morgan fingerprint density at radius 2 is 2.36 bits per heavy atom. The number of hydrazine groups is 1. The molecule has 1 aliphatic heterocycles. The van der Waals surface area contributed by atoms with Crippen molar-refractivity contribution in [2.45, 2.75) is 13.0 Å². The van der Waals surface area contributed by atoms with E-state index in [0.29, 0.717) is 30.5 Å². The highest BCUT2D eigenvalue weighted by Crippen LogP contribution is 2.20. The van der Waals surface area contributed by atoms with Gasteiger partial charge in [0.25, 0.3) is 0 Å². The van der Waals surface area contributed by atoms with Gasteiger partial charge in [-0.1, -0.05) is 6.08 Å². The van der Waals surface area contributed by atoms with E-state index < -0.39 is 5.92 Å². The zero-order valence-electron chi connectivity index (χ0n) is 12.0. The van der Waals surface area contributed by atoms with E-state index in [9.17, 15) is 9.59 Å². The first-order valence-electron chi connectivity index (χ1n) is 6.85. The van der Waals surface area contributed by atoms with Crippen molar-refractivity contribution in [3.8, 4) is 0 Å². The summed E-state index contributed by atoms with van der Waals surface area (Å²) in [6, 6.07) is 3.56. The molecule has 0 radical (unpaired) electrons. The van der Waals surface area contributed by atoms with Crippen LogP contribution in [-0.4, -0.2) is 34.9 Å². The molecule has 3 N–H and O–H groups in total. The van der Waals surface area contributed by atoms with Crippen LogP contribution in [-0.2, 0) is 16.1 Å². The van der Waals surface area contributed by atoms with Gasteiger partial charge in [0.2, 0.25) is 11.8 Å². The van der Waals surface area contributed by atoms with Crippen LogP contribution in [0, 0.1) is 5.92 Å². The van der Waals surface area contributed by atoms with Gasteiger partial charge in [-0.3, -0.25) is 20.4 Å². The van der Waals surface area contributed by atoms with Crippen molar-refractivity contribution in [3.63, 3.8) is 0 Å². The first-order valence-corrected chi connectivity index (χ1v) is 7.25. The van der Waals surface area contributed by atoms with E-state index in [-0.39, 0.29) is 18.2 Å². The van der Waals surface area contributed by atoms with E-state index in [1.165, 1.54) is 0 Å². The second kappa shape index (κ2) is 7.60. The molecule has 1 fully saturated rings. The third-order valence-corrected chi connectivity index (χ3v) is 3.46. The lowest BCUT2D eigenvalue weighted by molar-refractivity contribution is -0.129. The molecule has 1 aromatic heterocycles.